The van der Waals surface area contributed by atoms with E-state index in [0.29, 0.717) is 17.2 Å². The molecule has 2 N–H and O–H groups in total. The summed E-state index contributed by atoms with van der Waals surface area (Å²) in [5.41, 5.74) is 7.36. The first-order valence-electron chi connectivity index (χ1n) is 13.3. The predicted molar refractivity (Wildman–Crippen MR) is 149 cm³/mol. The van der Waals surface area contributed by atoms with Gasteiger partial charge < -0.3 is 9.88 Å². The van der Waals surface area contributed by atoms with Gasteiger partial charge in [-0.2, -0.15) is 5.10 Å². The van der Waals surface area contributed by atoms with Gasteiger partial charge in [-0.15, -0.1) is 0 Å². The van der Waals surface area contributed by atoms with Crippen molar-refractivity contribution in [2.75, 3.05) is 19.6 Å². The van der Waals surface area contributed by atoms with Crippen LogP contribution in [0.3, 0.4) is 0 Å². The van der Waals surface area contributed by atoms with Gasteiger partial charge in [0.2, 0.25) is 0 Å². The molecule has 39 heavy (non-hydrogen) atoms. The summed E-state index contributed by atoms with van der Waals surface area (Å²) in [5.74, 6) is 0.291. The molecule has 0 aliphatic carbocycles. The molecule has 1 aliphatic heterocycles. The van der Waals surface area contributed by atoms with Gasteiger partial charge in [-0.05, 0) is 86.8 Å². The first-order chi connectivity index (χ1) is 19.2. The van der Waals surface area contributed by atoms with E-state index in [1.54, 1.807) is 18.5 Å². The highest BCUT2D eigenvalue weighted by molar-refractivity contribution is 5.96. The molecule has 6 heterocycles. The van der Waals surface area contributed by atoms with Crippen LogP contribution in [-0.2, 0) is 6.42 Å². The molecular weight excluding hydrogens is 491 g/mol. The Morgan fingerprint density at radius 2 is 1.87 bits per heavy atom. The number of hydrogen-bond donors (Lipinski definition) is 2. The SMILES string of the molecule is Fc1cccc(-c2ccnc3nc(-c4n[nH]c5cnc(-c6cncc(CCCN7CCCC7)c6)cc45)[nH]c23)c1. The molecule has 1 fully saturated rings. The van der Waals surface area contributed by atoms with Crippen LogP contribution < -0.4 is 0 Å². The second-order valence-corrected chi connectivity index (χ2v) is 10.1. The third kappa shape index (κ3) is 4.66. The van der Waals surface area contributed by atoms with E-state index < -0.39 is 0 Å². The summed E-state index contributed by atoms with van der Waals surface area (Å²) in [6.45, 7) is 3.59. The largest absolute Gasteiger partial charge is 0.335 e. The van der Waals surface area contributed by atoms with E-state index in [0.717, 1.165) is 58.2 Å². The van der Waals surface area contributed by atoms with Gasteiger partial charge in [-0.3, -0.25) is 15.1 Å². The number of pyridine rings is 3. The number of aryl methyl sites for hydroxylation is 1. The van der Waals surface area contributed by atoms with Crippen molar-refractivity contribution in [3.63, 3.8) is 0 Å². The van der Waals surface area contributed by atoms with E-state index >= 15 is 0 Å². The highest BCUT2D eigenvalue weighted by atomic mass is 19.1. The first kappa shape index (κ1) is 23.6. The molecule has 0 radical (unpaired) electrons. The van der Waals surface area contributed by atoms with Crippen LogP contribution in [0.5, 0.6) is 0 Å². The lowest BCUT2D eigenvalue weighted by molar-refractivity contribution is 0.334. The zero-order valence-corrected chi connectivity index (χ0v) is 21.4. The molecule has 194 valence electrons. The van der Waals surface area contributed by atoms with Crippen LogP contribution in [0.15, 0.2) is 67.3 Å². The standard InChI is InChI=1S/C30H27FN8/c31-22-7-3-6-20(14-22)23-8-9-33-29-27(23)35-30(36-29)28-24-15-25(34-18-26(24)37-38-28)21-13-19(16-32-17-21)5-4-12-39-10-1-2-11-39/h3,6-9,13-18H,1-2,4-5,10-12H2,(H,37,38)(H,33,35,36). The second kappa shape index (κ2) is 9.99. The molecule has 5 aromatic heterocycles. The number of aromatic nitrogens is 7. The maximum Gasteiger partial charge on any atom is 0.178 e. The average molecular weight is 519 g/mol. The zero-order chi connectivity index (χ0) is 26.2. The highest BCUT2D eigenvalue weighted by Crippen LogP contribution is 2.32. The number of nitrogens with one attached hydrogen (secondary N) is 2. The Morgan fingerprint density at radius 1 is 0.949 bits per heavy atom. The molecule has 8 nitrogen and oxygen atoms in total. The maximum atomic E-state index is 13.9. The molecular formula is C30H27FN8. The number of hydrogen-bond acceptors (Lipinski definition) is 6. The summed E-state index contributed by atoms with van der Waals surface area (Å²) in [7, 11) is 0. The number of rotatable bonds is 7. The van der Waals surface area contributed by atoms with Crippen molar-refractivity contribution >= 4 is 22.1 Å². The van der Waals surface area contributed by atoms with Gasteiger partial charge >= 0.3 is 0 Å². The number of likely N-dealkylation sites (tertiary alicyclic amines) is 1. The van der Waals surface area contributed by atoms with Crippen molar-refractivity contribution in [1.82, 2.24) is 40.0 Å². The topological polar surface area (TPSA) is 99.3 Å². The molecule has 0 bridgehead atoms. The predicted octanol–water partition coefficient (Wildman–Crippen LogP) is 5.79. The van der Waals surface area contributed by atoms with Crippen molar-refractivity contribution in [3.8, 4) is 33.9 Å². The molecule has 0 unspecified atom stereocenters. The van der Waals surface area contributed by atoms with Gasteiger partial charge in [0.25, 0.3) is 0 Å². The Bertz CT molecular complexity index is 1780. The number of halogens is 1. The lowest BCUT2D eigenvalue weighted by Gasteiger charge is -2.14. The summed E-state index contributed by atoms with van der Waals surface area (Å²) in [4.78, 5) is 24.2. The van der Waals surface area contributed by atoms with E-state index in [1.807, 2.05) is 30.6 Å². The van der Waals surface area contributed by atoms with Crippen LogP contribution in [0.4, 0.5) is 4.39 Å². The molecule has 6 aromatic rings. The Kier molecular flexibility index (Phi) is 6.05. The summed E-state index contributed by atoms with van der Waals surface area (Å²) in [5, 5.41) is 8.50. The Hall–Kier alpha value is -4.50. The van der Waals surface area contributed by atoms with Crippen molar-refractivity contribution in [1.29, 1.82) is 0 Å². The van der Waals surface area contributed by atoms with Crippen LogP contribution in [0, 0.1) is 5.82 Å². The lowest BCUT2D eigenvalue weighted by atomic mass is 10.1. The molecule has 7 rings (SSSR count). The van der Waals surface area contributed by atoms with E-state index in [9.17, 15) is 4.39 Å². The quantitative estimate of drug-likeness (QED) is 0.277. The molecule has 0 amide bonds. The van der Waals surface area contributed by atoms with Gasteiger partial charge in [-0.25, -0.2) is 14.4 Å². The van der Waals surface area contributed by atoms with Crippen molar-refractivity contribution < 1.29 is 4.39 Å². The minimum atomic E-state index is -0.291. The molecule has 9 heteroatoms. The molecule has 0 spiro atoms. The fourth-order valence-electron chi connectivity index (χ4n) is 5.45. The fraction of sp³-hybridized carbons (Fsp3) is 0.233. The van der Waals surface area contributed by atoms with Crippen molar-refractivity contribution in [2.45, 2.75) is 25.7 Å². The summed E-state index contributed by atoms with van der Waals surface area (Å²) in [6, 6.07) is 12.6. The van der Waals surface area contributed by atoms with Crippen LogP contribution in [-0.4, -0.2) is 59.7 Å². The van der Waals surface area contributed by atoms with Crippen molar-refractivity contribution in [2.24, 2.45) is 0 Å². The lowest BCUT2D eigenvalue weighted by Crippen LogP contribution is -2.20. The Balaban J connectivity index is 1.20. The Labute approximate surface area is 224 Å². The van der Waals surface area contributed by atoms with Crippen LogP contribution >= 0.6 is 0 Å². The Morgan fingerprint density at radius 3 is 2.77 bits per heavy atom. The van der Waals surface area contributed by atoms with E-state index in [2.05, 4.69) is 41.1 Å². The number of fused-ring (bicyclic) bond motifs is 2. The van der Waals surface area contributed by atoms with Crippen molar-refractivity contribution in [3.05, 3.63) is 78.6 Å². The van der Waals surface area contributed by atoms with Crippen LogP contribution in [0.1, 0.15) is 24.8 Å². The molecule has 1 aromatic carbocycles. The second-order valence-electron chi connectivity index (χ2n) is 10.1. The van der Waals surface area contributed by atoms with Gasteiger partial charge in [0, 0.05) is 35.1 Å². The maximum absolute atomic E-state index is 13.9. The number of H-pyrrole nitrogens is 2. The van der Waals surface area contributed by atoms with Gasteiger partial charge in [-0.1, -0.05) is 12.1 Å². The zero-order valence-electron chi connectivity index (χ0n) is 21.4. The number of imidazole rings is 1. The van der Waals surface area contributed by atoms with Gasteiger partial charge in [0.05, 0.1) is 22.9 Å². The summed E-state index contributed by atoms with van der Waals surface area (Å²) >= 11 is 0. The number of aromatic amines is 2. The van der Waals surface area contributed by atoms with E-state index in [1.165, 1.54) is 43.6 Å². The highest BCUT2D eigenvalue weighted by Gasteiger charge is 2.17. The molecule has 1 aliphatic rings. The third-order valence-electron chi connectivity index (χ3n) is 7.43. The average Bonchev–Trinajstić information content (AvgIpc) is 3.72. The number of nitrogens with zero attached hydrogens (tertiary/aromatic N) is 6. The van der Waals surface area contributed by atoms with E-state index in [-0.39, 0.29) is 5.82 Å². The minimum absolute atomic E-state index is 0.291. The number of benzene rings is 1. The summed E-state index contributed by atoms with van der Waals surface area (Å²) in [6.07, 6.45) is 12.0. The van der Waals surface area contributed by atoms with Gasteiger partial charge in [0.1, 0.15) is 11.5 Å². The molecule has 1 saturated heterocycles. The van der Waals surface area contributed by atoms with Crippen LogP contribution in [0.25, 0.3) is 56.0 Å². The fourth-order valence-corrected chi connectivity index (χ4v) is 5.45. The van der Waals surface area contributed by atoms with Gasteiger partial charge in [0.15, 0.2) is 11.5 Å². The van der Waals surface area contributed by atoms with E-state index in [4.69, 9.17) is 4.98 Å². The normalized spacial score (nSPS) is 14.1. The molecule has 0 atom stereocenters. The molecule has 0 saturated carbocycles. The smallest absolute Gasteiger partial charge is 0.178 e. The monoisotopic (exact) mass is 518 g/mol. The first-order valence-corrected chi connectivity index (χ1v) is 13.3. The summed E-state index contributed by atoms with van der Waals surface area (Å²) < 4.78 is 13.9. The minimum Gasteiger partial charge on any atom is -0.335 e. The third-order valence-corrected chi connectivity index (χ3v) is 7.43. The van der Waals surface area contributed by atoms with Crippen LogP contribution in [0.2, 0.25) is 0 Å².